The van der Waals surface area contributed by atoms with Crippen molar-refractivity contribution in [2.45, 2.75) is 19.9 Å². The number of aliphatic hydroxyl groups excluding tert-OH is 1. The molecule has 1 aliphatic rings. The van der Waals surface area contributed by atoms with Gasteiger partial charge in [-0.25, -0.2) is 0 Å². The van der Waals surface area contributed by atoms with E-state index in [0.29, 0.717) is 41.6 Å². The van der Waals surface area contributed by atoms with Crippen molar-refractivity contribution < 1.29 is 19.4 Å². The Balaban J connectivity index is 2.13. The van der Waals surface area contributed by atoms with Crippen molar-refractivity contribution in [3.05, 3.63) is 69.8 Å². The Bertz CT molecular complexity index is 1010. The molecular weight excluding hydrogens is 416 g/mol. The Morgan fingerprint density at radius 3 is 2.42 bits per heavy atom. The van der Waals surface area contributed by atoms with Crippen molar-refractivity contribution >= 4 is 29.1 Å². The topological polar surface area (TPSA) is 70.1 Å². The summed E-state index contributed by atoms with van der Waals surface area (Å²) in [5.74, 6) is -0.820. The molecule has 1 N–H and O–H groups in total. The number of hydrogen-bond acceptors (Lipinski definition) is 5. The number of aryl methyl sites for hydroxylation is 1. The molecule has 1 aliphatic heterocycles. The Morgan fingerprint density at radius 2 is 1.84 bits per heavy atom. The summed E-state index contributed by atoms with van der Waals surface area (Å²) in [7, 11) is 3.80. The van der Waals surface area contributed by atoms with Crippen molar-refractivity contribution in [2.75, 3.05) is 33.8 Å². The second-order valence-electron chi connectivity index (χ2n) is 7.76. The van der Waals surface area contributed by atoms with Crippen LogP contribution in [0.4, 0.5) is 0 Å². The van der Waals surface area contributed by atoms with Gasteiger partial charge in [0.05, 0.1) is 18.2 Å². The van der Waals surface area contributed by atoms with Crippen LogP contribution in [0, 0.1) is 6.92 Å². The molecule has 0 aliphatic carbocycles. The molecule has 0 aromatic heterocycles. The molecule has 2 aromatic rings. The van der Waals surface area contributed by atoms with Crippen molar-refractivity contribution in [1.82, 2.24) is 9.80 Å². The zero-order chi connectivity index (χ0) is 22.7. The number of halogens is 1. The average molecular weight is 443 g/mol. The van der Waals surface area contributed by atoms with Gasteiger partial charge in [-0.3, -0.25) is 9.59 Å². The first kappa shape index (κ1) is 22.8. The Morgan fingerprint density at radius 1 is 1.16 bits per heavy atom. The highest BCUT2D eigenvalue weighted by Gasteiger charge is 2.46. The summed E-state index contributed by atoms with van der Waals surface area (Å²) in [6.07, 6.45) is 0. The van der Waals surface area contributed by atoms with Gasteiger partial charge < -0.3 is 19.6 Å². The van der Waals surface area contributed by atoms with Gasteiger partial charge in [-0.1, -0.05) is 23.7 Å². The number of nitrogens with zero attached hydrogens (tertiary/aromatic N) is 2. The molecule has 0 bridgehead atoms. The maximum absolute atomic E-state index is 13.0. The second kappa shape index (κ2) is 9.54. The van der Waals surface area contributed by atoms with E-state index in [4.69, 9.17) is 16.3 Å². The molecule has 31 heavy (non-hydrogen) atoms. The fraction of sp³-hybridized carbons (Fsp3) is 0.333. The zero-order valence-corrected chi connectivity index (χ0v) is 18.9. The molecule has 3 rings (SSSR count). The molecule has 164 valence electrons. The standard InChI is InChI=1S/C24H27ClN2O4/c1-5-31-18-10-11-19(15(2)14-18)22(28)20-21(16-6-8-17(25)9-7-16)27(13-12-26(3)4)24(30)23(20)29/h6-11,14,21,28H,5,12-13H2,1-4H3/b22-20+. The predicted octanol–water partition coefficient (Wildman–Crippen LogP) is 4.03. The third-order valence-corrected chi connectivity index (χ3v) is 5.53. The largest absolute Gasteiger partial charge is 0.507 e. The molecule has 1 heterocycles. The lowest BCUT2D eigenvalue weighted by Crippen LogP contribution is -2.35. The highest BCUT2D eigenvalue weighted by atomic mass is 35.5. The number of carbonyl (C=O) groups excluding carboxylic acids is 2. The van der Waals surface area contributed by atoms with E-state index in [2.05, 4.69) is 0 Å². The molecule has 1 saturated heterocycles. The number of ketones is 1. The van der Waals surface area contributed by atoms with Gasteiger partial charge in [0.1, 0.15) is 11.5 Å². The van der Waals surface area contributed by atoms with Crippen LogP contribution in [0.15, 0.2) is 48.0 Å². The summed E-state index contributed by atoms with van der Waals surface area (Å²) in [6, 6.07) is 11.5. The van der Waals surface area contributed by atoms with Crippen LogP contribution in [0.3, 0.4) is 0 Å². The fourth-order valence-corrected chi connectivity index (χ4v) is 3.84. The minimum atomic E-state index is -0.691. The molecular formula is C24H27ClN2O4. The molecule has 0 radical (unpaired) electrons. The summed E-state index contributed by atoms with van der Waals surface area (Å²) < 4.78 is 5.51. The highest BCUT2D eigenvalue weighted by Crippen LogP contribution is 2.40. The number of carbonyl (C=O) groups is 2. The Kier molecular flexibility index (Phi) is 7.03. The molecule has 1 atom stereocenters. The average Bonchev–Trinajstić information content (AvgIpc) is 2.97. The van der Waals surface area contributed by atoms with E-state index >= 15 is 0 Å². The van der Waals surface area contributed by atoms with Gasteiger partial charge in [0.15, 0.2) is 0 Å². The van der Waals surface area contributed by atoms with E-state index in [1.165, 1.54) is 4.90 Å². The fourth-order valence-electron chi connectivity index (χ4n) is 3.71. The molecule has 0 spiro atoms. The SMILES string of the molecule is CCOc1ccc(/C(O)=C2\C(=O)C(=O)N(CCN(C)C)C2c2ccc(Cl)cc2)c(C)c1. The summed E-state index contributed by atoms with van der Waals surface area (Å²) >= 11 is 6.04. The van der Waals surface area contributed by atoms with Crippen LogP contribution < -0.4 is 4.74 Å². The number of aliphatic hydroxyl groups is 1. The summed E-state index contributed by atoms with van der Waals surface area (Å²) in [5.41, 5.74) is 2.04. The van der Waals surface area contributed by atoms with Crippen LogP contribution >= 0.6 is 11.6 Å². The maximum Gasteiger partial charge on any atom is 0.295 e. The van der Waals surface area contributed by atoms with Crippen LogP contribution in [-0.4, -0.2) is 60.4 Å². The number of likely N-dealkylation sites (tertiary alicyclic amines) is 1. The third-order valence-electron chi connectivity index (χ3n) is 5.28. The lowest BCUT2D eigenvalue weighted by atomic mass is 9.94. The number of hydrogen-bond donors (Lipinski definition) is 1. The van der Waals surface area contributed by atoms with Crippen LogP contribution in [0.1, 0.15) is 29.7 Å². The monoisotopic (exact) mass is 442 g/mol. The van der Waals surface area contributed by atoms with Crippen LogP contribution in [0.2, 0.25) is 5.02 Å². The van der Waals surface area contributed by atoms with E-state index in [-0.39, 0.29) is 11.3 Å². The molecule has 1 unspecified atom stereocenters. The van der Waals surface area contributed by atoms with Gasteiger partial charge in [0.2, 0.25) is 0 Å². The van der Waals surface area contributed by atoms with Gasteiger partial charge in [-0.15, -0.1) is 0 Å². The summed E-state index contributed by atoms with van der Waals surface area (Å²) in [6.45, 7) is 5.18. The first-order valence-electron chi connectivity index (χ1n) is 10.2. The molecule has 7 heteroatoms. The number of benzene rings is 2. The second-order valence-corrected chi connectivity index (χ2v) is 8.19. The van der Waals surface area contributed by atoms with Crippen LogP contribution in [-0.2, 0) is 9.59 Å². The highest BCUT2D eigenvalue weighted by molar-refractivity contribution is 6.46. The van der Waals surface area contributed by atoms with E-state index in [0.717, 1.165) is 5.56 Å². The quantitative estimate of drug-likeness (QED) is 0.398. The van der Waals surface area contributed by atoms with E-state index < -0.39 is 17.7 Å². The third kappa shape index (κ3) is 4.75. The minimum absolute atomic E-state index is 0.0818. The lowest BCUT2D eigenvalue weighted by molar-refractivity contribution is -0.140. The van der Waals surface area contributed by atoms with Gasteiger partial charge in [-0.2, -0.15) is 0 Å². The van der Waals surface area contributed by atoms with Gasteiger partial charge in [0, 0.05) is 23.7 Å². The lowest BCUT2D eigenvalue weighted by Gasteiger charge is -2.26. The predicted molar refractivity (Wildman–Crippen MR) is 121 cm³/mol. The molecule has 1 fully saturated rings. The number of rotatable bonds is 7. The van der Waals surface area contributed by atoms with Gasteiger partial charge >= 0.3 is 0 Å². The first-order valence-corrected chi connectivity index (χ1v) is 10.5. The number of amides is 1. The molecule has 6 nitrogen and oxygen atoms in total. The van der Waals surface area contributed by atoms with Crippen molar-refractivity contribution in [1.29, 1.82) is 0 Å². The van der Waals surface area contributed by atoms with Crippen molar-refractivity contribution in [3.8, 4) is 5.75 Å². The Labute approximate surface area is 187 Å². The Hall–Kier alpha value is -2.83. The number of Topliss-reactive ketones (excluding diaryl/α,β-unsaturated/α-hetero) is 1. The van der Waals surface area contributed by atoms with E-state index in [1.54, 1.807) is 42.5 Å². The van der Waals surface area contributed by atoms with Gasteiger partial charge in [0.25, 0.3) is 11.7 Å². The normalized spacial score (nSPS) is 18.1. The van der Waals surface area contributed by atoms with Crippen LogP contribution in [0.25, 0.3) is 5.76 Å². The van der Waals surface area contributed by atoms with Crippen LogP contribution in [0.5, 0.6) is 5.75 Å². The number of likely N-dealkylation sites (N-methyl/N-ethyl adjacent to an activating group) is 1. The number of ether oxygens (including phenoxy) is 1. The molecule has 2 aromatic carbocycles. The van der Waals surface area contributed by atoms with E-state index in [1.807, 2.05) is 32.8 Å². The van der Waals surface area contributed by atoms with Crippen molar-refractivity contribution in [3.63, 3.8) is 0 Å². The van der Waals surface area contributed by atoms with E-state index in [9.17, 15) is 14.7 Å². The summed E-state index contributed by atoms with van der Waals surface area (Å²) in [5, 5.41) is 11.7. The maximum atomic E-state index is 13.0. The van der Waals surface area contributed by atoms with Crippen molar-refractivity contribution in [2.24, 2.45) is 0 Å². The smallest absolute Gasteiger partial charge is 0.295 e. The molecule has 1 amide bonds. The zero-order valence-electron chi connectivity index (χ0n) is 18.2. The molecule has 0 saturated carbocycles. The minimum Gasteiger partial charge on any atom is -0.507 e. The summed E-state index contributed by atoms with van der Waals surface area (Å²) in [4.78, 5) is 29.4. The van der Waals surface area contributed by atoms with Gasteiger partial charge in [-0.05, 0) is 69.4 Å². The first-order chi connectivity index (χ1) is 14.7.